The lowest BCUT2D eigenvalue weighted by Gasteiger charge is -2.30. The van der Waals surface area contributed by atoms with Crippen LogP contribution in [0.15, 0.2) is 18.2 Å². The molecule has 1 saturated heterocycles. The smallest absolute Gasteiger partial charge is 0.337 e. The van der Waals surface area contributed by atoms with Crippen molar-refractivity contribution in [3.8, 4) is 5.75 Å². The monoisotopic (exact) mass is 320 g/mol. The second kappa shape index (κ2) is 7.13. The number of carbonyl (C=O) groups excluding carboxylic acids is 2. The first-order valence-corrected chi connectivity index (χ1v) is 7.40. The van der Waals surface area contributed by atoms with Crippen molar-refractivity contribution in [1.82, 2.24) is 4.90 Å². The van der Waals surface area contributed by atoms with Gasteiger partial charge < -0.3 is 20.1 Å². The molecule has 0 radical (unpaired) electrons. The van der Waals surface area contributed by atoms with Crippen molar-refractivity contribution in [2.24, 2.45) is 5.92 Å². The first-order valence-electron chi connectivity index (χ1n) is 7.40. The number of likely N-dealkylation sites (tertiary alicyclic amines) is 1. The van der Waals surface area contributed by atoms with E-state index in [-0.39, 0.29) is 29.0 Å². The molecule has 1 heterocycles. The lowest BCUT2D eigenvalue weighted by Crippen LogP contribution is -2.40. The van der Waals surface area contributed by atoms with Crippen molar-refractivity contribution >= 4 is 23.5 Å². The number of hydrogen-bond donors (Lipinski definition) is 2. The Balaban J connectivity index is 2.06. The summed E-state index contributed by atoms with van der Waals surface area (Å²) in [5, 5.41) is 11.9. The highest BCUT2D eigenvalue weighted by Crippen LogP contribution is 2.24. The average Bonchev–Trinajstić information content (AvgIpc) is 2.55. The Kier molecular flexibility index (Phi) is 5.20. The first-order chi connectivity index (χ1) is 10.9. The molecule has 1 aliphatic rings. The van der Waals surface area contributed by atoms with E-state index in [4.69, 9.17) is 4.74 Å². The molecular weight excluding hydrogens is 300 g/mol. The van der Waals surface area contributed by atoms with Gasteiger partial charge in [0.15, 0.2) is 0 Å². The molecule has 0 spiro atoms. The van der Waals surface area contributed by atoms with E-state index in [1.54, 1.807) is 11.0 Å². The lowest BCUT2D eigenvalue weighted by atomic mass is 9.95. The van der Waals surface area contributed by atoms with Crippen LogP contribution in [0.1, 0.15) is 30.1 Å². The van der Waals surface area contributed by atoms with Crippen molar-refractivity contribution < 1.29 is 24.2 Å². The van der Waals surface area contributed by atoms with Crippen molar-refractivity contribution in [1.29, 1.82) is 0 Å². The molecule has 0 unspecified atom stereocenters. The molecule has 1 aromatic carbocycles. The maximum Gasteiger partial charge on any atom is 0.337 e. The Morgan fingerprint density at radius 2 is 1.91 bits per heavy atom. The van der Waals surface area contributed by atoms with Crippen LogP contribution in [-0.4, -0.2) is 48.0 Å². The molecule has 0 aromatic heterocycles. The van der Waals surface area contributed by atoms with Crippen molar-refractivity contribution in [2.45, 2.75) is 19.8 Å². The topological polar surface area (TPSA) is 95.9 Å². The summed E-state index contributed by atoms with van der Waals surface area (Å²) in [5.41, 5.74) is 0.233. The van der Waals surface area contributed by atoms with Gasteiger partial charge in [0.05, 0.1) is 18.4 Å². The van der Waals surface area contributed by atoms with Gasteiger partial charge in [0, 0.05) is 25.9 Å². The largest absolute Gasteiger partial charge is 0.497 e. The lowest BCUT2D eigenvalue weighted by molar-refractivity contribution is -0.132. The van der Waals surface area contributed by atoms with Gasteiger partial charge in [-0.25, -0.2) is 4.79 Å². The highest BCUT2D eigenvalue weighted by atomic mass is 16.5. The van der Waals surface area contributed by atoms with E-state index < -0.39 is 5.97 Å². The van der Waals surface area contributed by atoms with Crippen LogP contribution in [0.4, 0.5) is 5.69 Å². The van der Waals surface area contributed by atoms with Gasteiger partial charge in [0.2, 0.25) is 11.8 Å². The fourth-order valence-corrected chi connectivity index (χ4v) is 2.63. The molecule has 2 N–H and O–H groups in total. The molecule has 0 atom stereocenters. The van der Waals surface area contributed by atoms with Gasteiger partial charge in [-0.2, -0.15) is 0 Å². The number of hydrogen-bond acceptors (Lipinski definition) is 4. The minimum atomic E-state index is -1.13. The molecule has 2 rings (SSSR count). The summed E-state index contributed by atoms with van der Waals surface area (Å²) < 4.78 is 5.00. The summed E-state index contributed by atoms with van der Waals surface area (Å²) in [6, 6.07) is 4.49. The molecule has 2 amide bonds. The minimum absolute atomic E-state index is 0.00664. The van der Waals surface area contributed by atoms with Gasteiger partial charge in [0.25, 0.3) is 0 Å². The number of benzene rings is 1. The SMILES string of the molecule is COc1ccc(NC(=O)C2CCN(C(C)=O)CC2)c(C(=O)O)c1. The van der Waals surface area contributed by atoms with Crippen LogP contribution in [0.25, 0.3) is 0 Å². The van der Waals surface area contributed by atoms with E-state index in [1.165, 1.54) is 26.2 Å². The van der Waals surface area contributed by atoms with Gasteiger partial charge in [-0.15, -0.1) is 0 Å². The summed E-state index contributed by atoms with van der Waals surface area (Å²) >= 11 is 0. The molecule has 1 aliphatic heterocycles. The van der Waals surface area contributed by atoms with Crippen LogP contribution < -0.4 is 10.1 Å². The second-order valence-electron chi connectivity index (χ2n) is 5.49. The Morgan fingerprint density at radius 3 is 2.43 bits per heavy atom. The number of carboxylic acid groups (broad SMARTS) is 1. The number of piperidine rings is 1. The number of carbonyl (C=O) groups is 3. The van der Waals surface area contributed by atoms with Crippen LogP contribution >= 0.6 is 0 Å². The highest BCUT2D eigenvalue weighted by molar-refractivity contribution is 6.01. The summed E-state index contributed by atoms with van der Waals surface area (Å²) in [4.78, 5) is 36.7. The van der Waals surface area contributed by atoms with Gasteiger partial charge >= 0.3 is 5.97 Å². The van der Waals surface area contributed by atoms with E-state index in [9.17, 15) is 19.5 Å². The third-order valence-corrected chi connectivity index (χ3v) is 4.03. The van der Waals surface area contributed by atoms with E-state index >= 15 is 0 Å². The summed E-state index contributed by atoms with van der Waals surface area (Å²) in [6.07, 6.45) is 1.15. The molecule has 7 nitrogen and oxygen atoms in total. The molecule has 0 saturated carbocycles. The fourth-order valence-electron chi connectivity index (χ4n) is 2.63. The Morgan fingerprint density at radius 1 is 1.26 bits per heavy atom. The summed E-state index contributed by atoms with van der Waals surface area (Å²) in [5.74, 6) is -1.16. The van der Waals surface area contributed by atoms with Crippen molar-refractivity contribution in [3.05, 3.63) is 23.8 Å². The van der Waals surface area contributed by atoms with Crippen LogP contribution in [-0.2, 0) is 9.59 Å². The Labute approximate surface area is 134 Å². The zero-order chi connectivity index (χ0) is 17.0. The third kappa shape index (κ3) is 4.00. The molecule has 0 bridgehead atoms. The van der Waals surface area contributed by atoms with Crippen LogP contribution in [0.3, 0.4) is 0 Å². The maximum absolute atomic E-state index is 12.3. The highest BCUT2D eigenvalue weighted by Gasteiger charge is 2.26. The number of methoxy groups -OCH3 is 1. The molecule has 7 heteroatoms. The Hall–Kier alpha value is -2.57. The summed E-state index contributed by atoms with van der Waals surface area (Å²) in [6.45, 7) is 2.60. The predicted octanol–water partition coefficient (Wildman–Crippen LogP) is 1.59. The Bertz CT molecular complexity index is 621. The average molecular weight is 320 g/mol. The van der Waals surface area contributed by atoms with Crippen LogP contribution in [0.5, 0.6) is 5.75 Å². The fraction of sp³-hybridized carbons (Fsp3) is 0.438. The number of amides is 2. The predicted molar refractivity (Wildman–Crippen MR) is 83.6 cm³/mol. The number of rotatable bonds is 4. The number of carboxylic acids is 1. The van der Waals surface area contributed by atoms with Crippen molar-refractivity contribution in [3.63, 3.8) is 0 Å². The zero-order valence-electron chi connectivity index (χ0n) is 13.2. The molecule has 124 valence electrons. The number of aromatic carboxylic acids is 1. The second-order valence-corrected chi connectivity index (χ2v) is 5.49. The van der Waals surface area contributed by atoms with Gasteiger partial charge in [-0.05, 0) is 31.0 Å². The van der Waals surface area contributed by atoms with E-state index in [1.807, 2.05) is 0 Å². The van der Waals surface area contributed by atoms with Gasteiger partial charge in [-0.3, -0.25) is 9.59 Å². The van der Waals surface area contributed by atoms with E-state index in [2.05, 4.69) is 5.32 Å². The van der Waals surface area contributed by atoms with E-state index in [0.29, 0.717) is 31.7 Å². The van der Waals surface area contributed by atoms with Crippen LogP contribution in [0, 0.1) is 5.92 Å². The van der Waals surface area contributed by atoms with Crippen LogP contribution in [0.2, 0.25) is 0 Å². The third-order valence-electron chi connectivity index (χ3n) is 4.03. The zero-order valence-corrected chi connectivity index (χ0v) is 13.2. The number of nitrogens with one attached hydrogen (secondary N) is 1. The molecule has 1 aromatic rings. The van der Waals surface area contributed by atoms with Gasteiger partial charge in [-0.1, -0.05) is 0 Å². The molecular formula is C16H20N2O5. The molecule has 23 heavy (non-hydrogen) atoms. The maximum atomic E-state index is 12.3. The first kappa shape index (κ1) is 16.8. The molecule has 1 fully saturated rings. The van der Waals surface area contributed by atoms with Crippen molar-refractivity contribution in [2.75, 3.05) is 25.5 Å². The number of ether oxygens (including phenoxy) is 1. The molecule has 0 aliphatic carbocycles. The normalized spacial score (nSPS) is 15.1. The minimum Gasteiger partial charge on any atom is -0.497 e. The quantitative estimate of drug-likeness (QED) is 0.878. The number of nitrogens with zero attached hydrogens (tertiary/aromatic N) is 1. The van der Waals surface area contributed by atoms with Gasteiger partial charge in [0.1, 0.15) is 5.75 Å². The van der Waals surface area contributed by atoms with E-state index in [0.717, 1.165) is 0 Å². The summed E-state index contributed by atoms with van der Waals surface area (Å²) in [7, 11) is 1.45. The number of anilines is 1. The standard InChI is InChI=1S/C16H20N2O5/c1-10(19)18-7-5-11(6-8-18)15(20)17-14-4-3-12(23-2)9-13(14)16(21)22/h3-4,9,11H,5-8H2,1-2H3,(H,17,20)(H,21,22).